The summed E-state index contributed by atoms with van der Waals surface area (Å²) in [5.41, 5.74) is 0.786. The van der Waals surface area contributed by atoms with E-state index in [0.29, 0.717) is 52.1 Å². The predicted octanol–water partition coefficient (Wildman–Crippen LogP) is 2.65. The van der Waals surface area contributed by atoms with Crippen molar-refractivity contribution in [2.24, 2.45) is 5.92 Å². The van der Waals surface area contributed by atoms with Crippen LogP contribution in [0.4, 0.5) is 4.39 Å². The van der Waals surface area contributed by atoms with E-state index in [4.69, 9.17) is 0 Å². The number of hydrogen-bond donors (Lipinski definition) is 0. The van der Waals surface area contributed by atoms with Crippen molar-refractivity contribution in [2.45, 2.75) is 19.3 Å². The summed E-state index contributed by atoms with van der Waals surface area (Å²) in [6.45, 7) is 3.29. The van der Waals surface area contributed by atoms with Crippen molar-refractivity contribution in [2.75, 3.05) is 39.3 Å². The lowest BCUT2D eigenvalue weighted by molar-refractivity contribution is -0.142. The monoisotopic (exact) mass is 443 g/mol. The average molecular weight is 444 g/mol. The first-order valence-electron chi connectivity index (χ1n) is 10.6. The first-order chi connectivity index (χ1) is 15.0. The highest BCUT2D eigenvalue weighted by Crippen LogP contribution is 2.23. The molecule has 3 heterocycles. The molecule has 8 heteroatoms. The smallest absolute Gasteiger partial charge is 0.263 e. The number of halogens is 1. The van der Waals surface area contributed by atoms with Crippen molar-refractivity contribution < 1.29 is 18.8 Å². The van der Waals surface area contributed by atoms with Crippen molar-refractivity contribution in [3.05, 3.63) is 58.0 Å². The summed E-state index contributed by atoms with van der Waals surface area (Å²) in [5, 5.41) is 1.90. The fourth-order valence-corrected chi connectivity index (χ4v) is 4.90. The molecule has 0 saturated carbocycles. The maximum atomic E-state index is 13.0. The Balaban J connectivity index is 1.23. The highest BCUT2D eigenvalue weighted by Gasteiger charge is 2.32. The van der Waals surface area contributed by atoms with Gasteiger partial charge in [0.05, 0.1) is 11.3 Å². The molecular formula is C23H26FN3O3S. The Kier molecular flexibility index (Phi) is 6.65. The van der Waals surface area contributed by atoms with E-state index in [9.17, 15) is 18.8 Å². The molecule has 3 amide bonds. The molecule has 31 heavy (non-hydrogen) atoms. The molecular weight excluding hydrogens is 417 g/mol. The summed E-state index contributed by atoms with van der Waals surface area (Å²) in [7, 11) is 0. The van der Waals surface area contributed by atoms with Gasteiger partial charge in [0.15, 0.2) is 0 Å². The van der Waals surface area contributed by atoms with E-state index >= 15 is 0 Å². The van der Waals surface area contributed by atoms with E-state index in [1.807, 2.05) is 27.3 Å². The van der Waals surface area contributed by atoms with E-state index in [-0.39, 0.29) is 35.9 Å². The Morgan fingerprint density at radius 2 is 1.52 bits per heavy atom. The van der Waals surface area contributed by atoms with Gasteiger partial charge >= 0.3 is 0 Å². The van der Waals surface area contributed by atoms with Gasteiger partial charge in [0.1, 0.15) is 5.82 Å². The minimum Gasteiger partial charge on any atom is -0.339 e. The van der Waals surface area contributed by atoms with Crippen LogP contribution < -0.4 is 0 Å². The zero-order valence-electron chi connectivity index (χ0n) is 17.3. The molecule has 2 aromatic rings. The second-order valence-corrected chi connectivity index (χ2v) is 9.00. The molecule has 2 aliphatic rings. The average Bonchev–Trinajstić information content (AvgIpc) is 3.35. The number of benzene rings is 1. The molecule has 0 radical (unpaired) electrons. The molecule has 1 aromatic heterocycles. The minimum absolute atomic E-state index is 0.000829. The third-order valence-electron chi connectivity index (χ3n) is 6.08. The highest BCUT2D eigenvalue weighted by atomic mass is 32.1. The molecule has 0 spiro atoms. The van der Waals surface area contributed by atoms with Crippen molar-refractivity contribution in [3.8, 4) is 0 Å². The largest absolute Gasteiger partial charge is 0.339 e. The van der Waals surface area contributed by atoms with Crippen LogP contribution in [-0.4, -0.2) is 71.7 Å². The first kappa shape index (κ1) is 21.5. The van der Waals surface area contributed by atoms with Crippen LogP contribution >= 0.6 is 11.3 Å². The van der Waals surface area contributed by atoms with E-state index < -0.39 is 0 Å². The van der Waals surface area contributed by atoms with Crippen molar-refractivity contribution in [3.63, 3.8) is 0 Å². The van der Waals surface area contributed by atoms with E-state index in [1.165, 1.54) is 23.5 Å². The second kappa shape index (κ2) is 9.60. The summed E-state index contributed by atoms with van der Waals surface area (Å²) in [4.78, 5) is 44.1. The standard InChI is InChI=1S/C23H26FN3O3S/c24-19-5-3-17(4-6-19)16-21(28)25-11-13-27(14-12-25)22(29)18-7-9-26(10-8-18)23(30)20-2-1-15-31-20/h1-6,15,18H,7-14,16H2. The third kappa shape index (κ3) is 5.12. The molecule has 0 atom stereocenters. The summed E-state index contributed by atoms with van der Waals surface area (Å²) >= 11 is 1.44. The number of piperazine rings is 1. The number of rotatable bonds is 4. The Bertz CT molecular complexity index is 916. The van der Waals surface area contributed by atoms with Gasteiger partial charge in [0.25, 0.3) is 5.91 Å². The number of amides is 3. The number of thiophene rings is 1. The normalized spacial score (nSPS) is 17.6. The van der Waals surface area contributed by atoms with Crippen LogP contribution in [0, 0.1) is 11.7 Å². The highest BCUT2D eigenvalue weighted by molar-refractivity contribution is 7.12. The lowest BCUT2D eigenvalue weighted by atomic mass is 9.94. The maximum absolute atomic E-state index is 13.0. The molecule has 6 nitrogen and oxygen atoms in total. The van der Waals surface area contributed by atoms with E-state index in [2.05, 4.69) is 0 Å². The van der Waals surface area contributed by atoms with Crippen LogP contribution in [0.3, 0.4) is 0 Å². The third-order valence-corrected chi connectivity index (χ3v) is 6.93. The Hall–Kier alpha value is -2.74. The molecule has 0 aliphatic carbocycles. The number of hydrogen-bond acceptors (Lipinski definition) is 4. The first-order valence-corrected chi connectivity index (χ1v) is 11.5. The second-order valence-electron chi connectivity index (χ2n) is 8.05. The van der Waals surface area contributed by atoms with Crippen molar-refractivity contribution >= 4 is 29.1 Å². The zero-order valence-corrected chi connectivity index (χ0v) is 18.2. The van der Waals surface area contributed by atoms with Gasteiger partial charge in [-0.15, -0.1) is 11.3 Å². The maximum Gasteiger partial charge on any atom is 0.263 e. The van der Waals surface area contributed by atoms with Gasteiger partial charge in [-0.2, -0.15) is 0 Å². The predicted molar refractivity (Wildman–Crippen MR) is 116 cm³/mol. The van der Waals surface area contributed by atoms with Gasteiger partial charge in [-0.3, -0.25) is 14.4 Å². The molecule has 0 unspecified atom stereocenters. The number of piperidine rings is 1. The lowest BCUT2D eigenvalue weighted by Crippen LogP contribution is -2.53. The molecule has 164 valence electrons. The molecule has 0 bridgehead atoms. The van der Waals surface area contributed by atoms with Crippen LogP contribution in [0.25, 0.3) is 0 Å². The fraction of sp³-hybridized carbons (Fsp3) is 0.435. The van der Waals surface area contributed by atoms with Gasteiger partial charge in [-0.1, -0.05) is 18.2 Å². The molecule has 1 aromatic carbocycles. The van der Waals surface area contributed by atoms with Crippen LogP contribution in [0.5, 0.6) is 0 Å². The molecule has 2 fully saturated rings. The Morgan fingerprint density at radius 3 is 2.13 bits per heavy atom. The van der Waals surface area contributed by atoms with Crippen LogP contribution in [0.1, 0.15) is 28.1 Å². The summed E-state index contributed by atoms with van der Waals surface area (Å²) in [5.74, 6) is -0.193. The fourth-order valence-electron chi connectivity index (χ4n) is 4.21. The molecule has 2 aliphatic heterocycles. The number of carbonyl (C=O) groups is 3. The van der Waals surface area contributed by atoms with E-state index in [1.54, 1.807) is 17.0 Å². The summed E-state index contributed by atoms with van der Waals surface area (Å²) in [6.07, 6.45) is 1.60. The van der Waals surface area contributed by atoms with Gasteiger partial charge in [-0.05, 0) is 42.0 Å². The van der Waals surface area contributed by atoms with Gasteiger partial charge in [-0.25, -0.2) is 4.39 Å². The molecule has 2 saturated heterocycles. The molecule has 0 N–H and O–H groups in total. The SMILES string of the molecule is O=C(Cc1ccc(F)cc1)N1CCN(C(=O)C2CCN(C(=O)c3cccs3)CC2)CC1. The quantitative estimate of drug-likeness (QED) is 0.730. The van der Waals surface area contributed by atoms with Crippen molar-refractivity contribution in [1.29, 1.82) is 0 Å². The van der Waals surface area contributed by atoms with E-state index in [0.717, 1.165) is 10.4 Å². The number of carbonyl (C=O) groups excluding carboxylic acids is 3. The van der Waals surface area contributed by atoms with Crippen LogP contribution in [0.15, 0.2) is 41.8 Å². The summed E-state index contributed by atoms with van der Waals surface area (Å²) < 4.78 is 13.0. The number of likely N-dealkylation sites (tertiary alicyclic amines) is 1. The topological polar surface area (TPSA) is 60.9 Å². The summed E-state index contributed by atoms with van der Waals surface area (Å²) in [6, 6.07) is 9.68. The molecule has 4 rings (SSSR count). The lowest BCUT2D eigenvalue weighted by Gasteiger charge is -2.38. The Labute approximate surface area is 185 Å². The zero-order chi connectivity index (χ0) is 21.8. The van der Waals surface area contributed by atoms with Gasteiger partial charge in [0, 0.05) is 45.2 Å². The minimum atomic E-state index is -0.315. The van der Waals surface area contributed by atoms with Crippen LogP contribution in [-0.2, 0) is 16.0 Å². The van der Waals surface area contributed by atoms with Gasteiger partial charge in [0.2, 0.25) is 11.8 Å². The van der Waals surface area contributed by atoms with Crippen molar-refractivity contribution in [1.82, 2.24) is 14.7 Å². The van der Waals surface area contributed by atoms with Crippen LogP contribution in [0.2, 0.25) is 0 Å². The Morgan fingerprint density at radius 1 is 0.871 bits per heavy atom. The van der Waals surface area contributed by atoms with Gasteiger partial charge < -0.3 is 14.7 Å². The number of nitrogens with zero attached hydrogens (tertiary/aromatic N) is 3.